The Balaban J connectivity index is 0.915. The Kier molecular flexibility index (Phi) is 11.9. The van der Waals surface area contributed by atoms with Gasteiger partial charge >= 0.3 is 12.2 Å². The average Bonchev–Trinajstić information content (AvgIpc) is 4.17. The van der Waals surface area contributed by atoms with Crippen LogP contribution >= 0.6 is 0 Å². The molecule has 1 saturated carbocycles. The van der Waals surface area contributed by atoms with Gasteiger partial charge in [0, 0.05) is 23.0 Å². The number of fused-ring (bicyclic) bond motifs is 7. The third kappa shape index (κ3) is 8.14. The van der Waals surface area contributed by atoms with Crippen molar-refractivity contribution in [1.29, 1.82) is 0 Å². The minimum Gasteiger partial charge on any atom is -0.488 e. The minimum atomic E-state index is -0.737. The van der Waals surface area contributed by atoms with Crippen LogP contribution in [0.5, 0.6) is 5.75 Å². The lowest BCUT2D eigenvalue weighted by Crippen LogP contribution is -2.56. The van der Waals surface area contributed by atoms with Crippen LogP contribution < -0.4 is 15.4 Å². The van der Waals surface area contributed by atoms with Gasteiger partial charge in [0.25, 0.3) is 0 Å². The maximum atomic E-state index is 14.9. The van der Waals surface area contributed by atoms with Gasteiger partial charge in [-0.1, -0.05) is 38.5 Å². The molecule has 5 aromatic rings. The molecule has 4 N–H and O–H groups in total. The summed E-state index contributed by atoms with van der Waals surface area (Å²) in [6.07, 6.45) is 7.30. The summed E-state index contributed by atoms with van der Waals surface area (Å²) in [4.78, 5) is 74.8. The number of ether oxygens (including phenoxy) is 4. The van der Waals surface area contributed by atoms with Gasteiger partial charge in [0.1, 0.15) is 36.1 Å². The van der Waals surface area contributed by atoms with E-state index in [1.807, 2.05) is 56.7 Å². The number of imidazole rings is 2. The van der Waals surface area contributed by atoms with E-state index < -0.39 is 24.3 Å². The first-order valence-electron chi connectivity index (χ1n) is 24.1. The number of hydrogen-bond acceptors (Lipinski definition) is 10. The van der Waals surface area contributed by atoms with Gasteiger partial charge in [0.05, 0.1) is 61.4 Å². The van der Waals surface area contributed by atoms with Crippen molar-refractivity contribution in [2.75, 3.05) is 14.2 Å². The van der Waals surface area contributed by atoms with Crippen molar-refractivity contribution in [1.82, 2.24) is 40.4 Å². The first kappa shape index (κ1) is 44.7. The number of aromatic nitrogens is 4. The number of methoxy groups -OCH3 is 2. The van der Waals surface area contributed by atoms with E-state index >= 15 is 0 Å². The van der Waals surface area contributed by atoms with E-state index in [1.54, 1.807) is 0 Å². The highest BCUT2D eigenvalue weighted by Crippen LogP contribution is 2.49. The first-order valence-corrected chi connectivity index (χ1v) is 24.1. The quantitative estimate of drug-likeness (QED) is 0.112. The fraction of sp³-hybridized carbons (Fsp3) is 0.529. The molecule has 10 rings (SSSR count). The number of aromatic amines is 2. The highest BCUT2D eigenvalue weighted by molar-refractivity contribution is 6.07. The summed E-state index contributed by atoms with van der Waals surface area (Å²) in [6.45, 7) is 10.3. The molecular formula is C51H62N8O8. The Bertz CT molecular complexity index is 2720. The number of likely N-dealkylation sites (tertiary alicyclic amines) is 2. The van der Waals surface area contributed by atoms with Crippen molar-refractivity contribution in [3.05, 3.63) is 65.9 Å². The number of carbonyl (C=O) groups is 4. The molecule has 5 aliphatic rings. The maximum Gasteiger partial charge on any atom is 0.407 e. The Hall–Kier alpha value is -6.16. The molecule has 1 aliphatic carbocycles. The number of alkyl carbamates (subject to hydrolysis) is 2. The van der Waals surface area contributed by atoms with Crippen LogP contribution in [0.1, 0.15) is 115 Å². The molecule has 67 heavy (non-hydrogen) atoms. The predicted molar refractivity (Wildman–Crippen MR) is 251 cm³/mol. The van der Waals surface area contributed by atoms with Crippen LogP contribution in [-0.4, -0.2) is 104 Å². The van der Waals surface area contributed by atoms with Crippen LogP contribution in [0.2, 0.25) is 0 Å². The molecule has 3 aromatic carbocycles. The normalized spacial score (nSPS) is 26.4. The second kappa shape index (κ2) is 17.8. The molecule has 0 spiro atoms. The summed E-state index contributed by atoms with van der Waals surface area (Å²) in [5.41, 5.74) is 6.65. The van der Waals surface area contributed by atoms with E-state index in [0.29, 0.717) is 31.2 Å². The van der Waals surface area contributed by atoms with Crippen molar-refractivity contribution in [2.24, 2.45) is 17.8 Å². The van der Waals surface area contributed by atoms with Gasteiger partial charge in [-0.05, 0) is 130 Å². The molecule has 0 radical (unpaired) electrons. The summed E-state index contributed by atoms with van der Waals surface area (Å²) in [5, 5.41) is 7.71. The number of hydrogen-bond donors (Lipinski definition) is 4. The van der Waals surface area contributed by atoms with Gasteiger partial charge in [-0.25, -0.2) is 19.6 Å². The van der Waals surface area contributed by atoms with Gasteiger partial charge in [0.15, 0.2) is 0 Å². The predicted octanol–water partition coefficient (Wildman–Crippen LogP) is 8.47. The first-order chi connectivity index (χ1) is 32.3. The molecule has 16 nitrogen and oxygen atoms in total. The number of rotatable bonds is 9. The van der Waals surface area contributed by atoms with E-state index in [4.69, 9.17) is 28.9 Å². The van der Waals surface area contributed by atoms with Crippen molar-refractivity contribution in [3.8, 4) is 28.1 Å². The molecular weight excluding hydrogens is 853 g/mol. The van der Waals surface area contributed by atoms with Gasteiger partial charge in [-0.15, -0.1) is 0 Å². The maximum absolute atomic E-state index is 14.9. The molecule has 16 heteroatoms. The van der Waals surface area contributed by atoms with E-state index in [9.17, 15) is 19.2 Å². The highest BCUT2D eigenvalue weighted by atomic mass is 16.5. The number of nitrogens with zero attached hydrogens (tertiary/aromatic N) is 4. The number of carbonyl (C=O) groups excluding carboxylic acids is 4. The number of H-pyrrole nitrogens is 2. The Labute approximate surface area is 390 Å². The summed E-state index contributed by atoms with van der Waals surface area (Å²) in [5.74, 6) is 2.16. The fourth-order valence-corrected chi connectivity index (χ4v) is 12.1. The molecule has 4 amide bonds. The highest BCUT2D eigenvalue weighted by Gasteiger charge is 2.51. The van der Waals surface area contributed by atoms with Gasteiger partial charge in [-0.3, -0.25) is 9.59 Å². The lowest BCUT2D eigenvalue weighted by Gasteiger charge is -2.39. The molecule has 4 aliphatic heterocycles. The number of benzene rings is 3. The topological polar surface area (TPSA) is 193 Å². The van der Waals surface area contributed by atoms with Crippen molar-refractivity contribution >= 4 is 45.8 Å². The summed E-state index contributed by atoms with van der Waals surface area (Å²) >= 11 is 0. The summed E-state index contributed by atoms with van der Waals surface area (Å²) < 4.78 is 22.4. The largest absolute Gasteiger partial charge is 0.488 e. The number of nitrogens with one attached hydrogen (secondary N) is 4. The smallest absolute Gasteiger partial charge is 0.407 e. The van der Waals surface area contributed by atoms with Crippen LogP contribution in [0.15, 0.2) is 48.7 Å². The molecule has 3 saturated heterocycles. The lowest BCUT2D eigenvalue weighted by molar-refractivity contribution is -0.141. The lowest BCUT2D eigenvalue weighted by atomic mass is 9.85. The standard InChI is InChI=1S/C51H62N8O8/c1-25(2)43(56-50(62)64-6)48(60)58-26(3)11-16-40(58)46-52-23-38(54-46)30-12-14-34-33(19-30)24-66-42-22-35-29(20-36(34)42)13-15-37-45(35)55-47(53-37)41-21-31-9-8-10-39(31)59(41)49(61)44(57-51(63)65-7)32-17-27(4)67-28(5)18-32/h12-15,19-20,22-23,25-28,31-32,39-41,43-44H,8-11,16-18,21,24H2,1-7H3,(H,52,54)(H,53,55)(H,56,62)(H,57,63)/t26-,27+,28+,31-,39-,40-,41-,43-,44-/m0/s1. The van der Waals surface area contributed by atoms with Gasteiger partial charge in [0.2, 0.25) is 11.8 Å². The second-order valence-electron chi connectivity index (χ2n) is 19.9. The molecule has 4 fully saturated rings. The zero-order valence-corrected chi connectivity index (χ0v) is 39.4. The average molecular weight is 915 g/mol. The van der Waals surface area contributed by atoms with Crippen LogP contribution in [0.25, 0.3) is 44.2 Å². The molecule has 354 valence electrons. The zero-order chi connectivity index (χ0) is 46.8. The van der Waals surface area contributed by atoms with Crippen molar-refractivity contribution < 1.29 is 38.1 Å². The third-order valence-corrected chi connectivity index (χ3v) is 15.2. The zero-order valence-electron chi connectivity index (χ0n) is 39.4. The van der Waals surface area contributed by atoms with Crippen molar-refractivity contribution in [2.45, 2.75) is 141 Å². The number of amides is 4. The van der Waals surface area contributed by atoms with E-state index in [1.165, 1.54) is 14.2 Å². The molecule has 0 unspecified atom stereocenters. The van der Waals surface area contributed by atoms with Gasteiger partial charge < -0.3 is 49.3 Å². The summed E-state index contributed by atoms with van der Waals surface area (Å²) in [6, 6.07) is 12.9. The minimum absolute atomic E-state index is 0.0184. The Morgan fingerprint density at radius 1 is 0.806 bits per heavy atom. The van der Waals surface area contributed by atoms with Crippen LogP contribution in [0.4, 0.5) is 9.59 Å². The van der Waals surface area contributed by atoms with Crippen LogP contribution in [0, 0.1) is 17.8 Å². The van der Waals surface area contributed by atoms with Crippen LogP contribution in [0.3, 0.4) is 0 Å². The second-order valence-corrected chi connectivity index (χ2v) is 19.9. The van der Waals surface area contributed by atoms with E-state index in [0.717, 1.165) is 99.9 Å². The van der Waals surface area contributed by atoms with Gasteiger partial charge in [-0.2, -0.15) is 0 Å². The van der Waals surface area contributed by atoms with E-state index in [2.05, 4.69) is 57.0 Å². The Morgan fingerprint density at radius 2 is 1.58 bits per heavy atom. The molecule has 6 heterocycles. The van der Waals surface area contributed by atoms with E-state index in [-0.39, 0.29) is 60.0 Å². The third-order valence-electron chi connectivity index (χ3n) is 15.2. The molecule has 0 bridgehead atoms. The monoisotopic (exact) mass is 914 g/mol. The van der Waals surface area contributed by atoms with Crippen molar-refractivity contribution in [3.63, 3.8) is 0 Å². The molecule has 2 aromatic heterocycles. The SMILES string of the molecule is COC(=O)N[C@H](C(=O)N1[C@@H](C)CC[C@H]1c1ncc(-c2ccc3c(c2)COc2cc4c(ccc5nc([C@@H]6C[C@@H]7CCC[C@@H]7N6C(=O)[C@@H](NC(=O)OC)C6C[C@@H](C)O[C@H](C)C6)[nH]c54)cc2-3)[nH]1)C(C)C. The Morgan fingerprint density at radius 3 is 2.34 bits per heavy atom. The molecule has 9 atom stereocenters. The van der Waals surface area contributed by atoms with Crippen LogP contribution in [-0.2, 0) is 30.4 Å². The summed E-state index contributed by atoms with van der Waals surface area (Å²) in [7, 11) is 2.63. The fourth-order valence-electron chi connectivity index (χ4n) is 12.1.